The van der Waals surface area contributed by atoms with Crippen LogP contribution in [0.3, 0.4) is 0 Å². The maximum Gasteiger partial charge on any atom is 0.251 e. The Morgan fingerprint density at radius 2 is 0.825 bits per heavy atom. The molecule has 0 bridgehead atoms. The number of hydrogen-bond donors (Lipinski definition) is 2. The first-order valence-corrected chi connectivity index (χ1v) is 16.7. The van der Waals surface area contributed by atoms with Gasteiger partial charge in [0.05, 0.1) is 0 Å². The molecular formula is C34H62N4O2. The Balaban J connectivity index is 2.25. The number of hydrogen-bond acceptors (Lipinski definition) is 4. The lowest BCUT2D eigenvalue weighted by Crippen LogP contribution is -2.36. The third-order valence-electron chi connectivity index (χ3n) is 7.89. The van der Waals surface area contributed by atoms with Gasteiger partial charge < -0.3 is 20.4 Å². The SMILES string of the molecule is CCCCCCCCCN(CC)CCNC(=O)c1ccc(C(=O)NCCN(CC)CCCCCCCCC)cc1. The van der Waals surface area contributed by atoms with Crippen LogP contribution in [-0.4, -0.2) is 74.0 Å². The molecule has 0 atom stereocenters. The number of rotatable bonds is 26. The third-order valence-corrected chi connectivity index (χ3v) is 7.89. The molecule has 0 aromatic heterocycles. The second-order valence-electron chi connectivity index (χ2n) is 11.2. The van der Waals surface area contributed by atoms with E-state index < -0.39 is 0 Å². The van der Waals surface area contributed by atoms with Gasteiger partial charge in [-0.3, -0.25) is 9.59 Å². The van der Waals surface area contributed by atoms with E-state index in [1.165, 1.54) is 89.9 Å². The van der Waals surface area contributed by atoms with Gasteiger partial charge in [0.15, 0.2) is 0 Å². The summed E-state index contributed by atoms with van der Waals surface area (Å²) in [6.45, 7) is 16.1. The first kappa shape index (κ1) is 36.1. The van der Waals surface area contributed by atoms with E-state index in [0.29, 0.717) is 24.2 Å². The number of carbonyl (C=O) groups is 2. The summed E-state index contributed by atoms with van der Waals surface area (Å²) in [5.74, 6) is -0.161. The van der Waals surface area contributed by atoms with Crippen molar-refractivity contribution in [2.24, 2.45) is 0 Å². The smallest absolute Gasteiger partial charge is 0.251 e. The van der Waals surface area contributed by atoms with Gasteiger partial charge >= 0.3 is 0 Å². The summed E-state index contributed by atoms with van der Waals surface area (Å²) in [6, 6.07) is 7.00. The molecule has 230 valence electrons. The summed E-state index contributed by atoms with van der Waals surface area (Å²) in [4.78, 5) is 30.0. The van der Waals surface area contributed by atoms with Crippen molar-refractivity contribution in [3.8, 4) is 0 Å². The number of nitrogens with one attached hydrogen (secondary N) is 2. The Morgan fingerprint density at radius 3 is 1.15 bits per heavy atom. The zero-order valence-electron chi connectivity index (χ0n) is 26.6. The molecule has 0 unspecified atom stereocenters. The van der Waals surface area contributed by atoms with Crippen LogP contribution in [0.15, 0.2) is 24.3 Å². The largest absolute Gasteiger partial charge is 0.351 e. The Hall–Kier alpha value is -1.92. The van der Waals surface area contributed by atoms with Gasteiger partial charge in [-0.2, -0.15) is 0 Å². The van der Waals surface area contributed by atoms with Gasteiger partial charge in [-0.25, -0.2) is 0 Å². The van der Waals surface area contributed by atoms with E-state index in [0.717, 1.165) is 39.3 Å². The molecule has 1 aromatic carbocycles. The molecule has 2 amide bonds. The van der Waals surface area contributed by atoms with Crippen LogP contribution in [0.5, 0.6) is 0 Å². The second kappa shape index (κ2) is 24.8. The first-order chi connectivity index (χ1) is 19.5. The van der Waals surface area contributed by atoms with Gasteiger partial charge in [0, 0.05) is 37.3 Å². The summed E-state index contributed by atoms with van der Waals surface area (Å²) in [5.41, 5.74) is 1.19. The molecule has 0 aliphatic rings. The van der Waals surface area contributed by atoms with Crippen LogP contribution in [0.1, 0.15) is 138 Å². The summed E-state index contributed by atoms with van der Waals surface area (Å²) in [6.07, 6.45) is 18.5. The number of benzene rings is 1. The molecule has 0 aliphatic carbocycles. The zero-order chi connectivity index (χ0) is 29.3. The molecule has 0 spiro atoms. The van der Waals surface area contributed by atoms with Crippen molar-refractivity contribution >= 4 is 11.8 Å². The van der Waals surface area contributed by atoms with Crippen LogP contribution in [-0.2, 0) is 0 Å². The summed E-state index contributed by atoms with van der Waals surface area (Å²) in [5, 5.41) is 6.07. The maximum absolute atomic E-state index is 12.6. The molecule has 0 aliphatic heterocycles. The summed E-state index contributed by atoms with van der Waals surface area (Å²) < 4.78 is 0. The van der Waals surface area contributed by atoms with E-state index in [4.69, 9.17) is 0 Å². The predicted molar refractivity (Wildman–Crippen MR) is 171 cm³/mol. The van der Waals surface area contributed by atoms with Crippen LogP contribution < -0.4 is 10.6 Å². The van der Waals surface area contributed by atoms with Gasteiger partial charge in [-0.15, -0.1) is 0 Å². The number of amides is 2. The molecule has 6 heteroatoms. The molecule has 6 nitrogen and oxygen atoms in total. The maximum atomic E-state index is 12.6. The minimum atomic E-state index is -0.0807. The lowest BCUT2D eigenvalue weighted by molar-refractivity contribution is 0.0936. The normalized spacial score (nSPS) is 11.3. The zero-order valence-corrected chi connectivity index (χ0v) is 26.6. The fourth-order valence-corrected chi connectivity index (χ4v) is 5.07. The van der Waals surface area contributed by atoms with E-state index in [2.05, 4.69) is 48.1 Å². The summed E-state index contributed by atoms with van der Waals surface area (Å²) >= 11 is 0. The lowest BCUT2D eigenvalue weighted by atomic mass is 10.1. The number of likely N-dealkylation sites (N-methyl/N-ethyl adjacent to an activating group) is 2. The number of nitrogens with zero attached hydrogens (tertiary/aromatic N) is 2. The van der Waals surface area contributed by atoms with Crippen LogP contribution >= 0.6 is 0 Å². The fraction of sp³-hybridized carbons (Fsp3) is 0.765. The van der Waals surface area contributed by atoms with E-state index in [1.54, 1.807) is 24.3 Å². The van der Waals surface area contributed by atoms with Gasteiger partial charge in [0.25, 0.3) is 11.8 Å². The topological polar surface area (TPSA) is 64.7 Å². The van der Waals surface area contributed by atoms with Crippen LogP contribution in [0.4, 0.5) is 0 Å². The highest BCUT2D eigenvalue weighted by Gasteiger charge is 2.10. The number of carbonyl (C=O) groups excluding carboxylic acids is 2. The van der Waals surface area contributed by atoms with E-state index >= 15 is 0 Å². The van der Waals surface area contributed by atoms with Crippen molar-refractivity contribution < 1.29 is 9.59 Å². The highest BCUT2D eigenvalue weighted by molar-refractivity contribution is 5.97. The fourth-order valence-electron chi connectivity index (χ4n) is 5.07. The van der Waals surface area contributed by atoms with Crippen LogP contribution in [0.25, 0.3) is 0 Å². The predicted octanol–water partition coefficient (Wildman–Crippen LogP) is 7.29. The molecule has 1 rings (SSSR count). The molecule has 0 heterocycles. The molecule has 0 radical (unpaired) electrons. The van der Waals surface area contributed by atoms with Gasteiger partial charge in [0.1, 0.15) is 0 Å². The van der Waals surface area contributed by atoms with Gasteiger partial charge in [0.2, 0.25) is 0 Å². The monoisotopic (exact) mass is 558 g/mol. The molecular weight excluding hydrogens is 496 g/mol. The Morgan fingerprint density at radius 1 is 0.500 bits per heavy atom. The second-order valence-corrected chi connectivity index (χ2v) is 11.2. The van der Waals surface area contributed by atoms with E-state index in [-0.39, 0.29) is 11.8 Å². The van der Waals surface area contributed by atoms with Crippen molar-refractivity contribution in [3.05, 3.63) is 35.4 Å². The molecule has 0 saturated carbocycles. The molecule has 0 fully saturated rings. The van der Waals surface area contributed by atoms with Gasteiger partial charge in [-0.1, -0.05) is 105 Å². The van der Waals surface area contributed by atoms with Crippen molar-refractivity contribution in [1.82, 2.24) is 20.4 Å². The van der Waals surface area contributed by atoms with E-state index in [1.807, 2.05) is 0 Å². The highest BCUT2D eigenvalue weighted by Crippen LogP contribution is 2.09. The van der Waals surface area contributed by atoms with E-state index in [9.17, 15) is 9.59 Å². The highest BCUT2D eigenvalue weighted by atomic mass is 16.2. The van der Waals surface area contributed by atoms with Crippen molar-refractivity contribution in [1.29, 1.82) is 0 Å². The van der Waals surface area contributed by atoms with Crippen LogP contribution in [0, 0.1) is 0 Å². The standard InChI is InChI=1S/C34H62N4O2/c1-5-9-11-13-15-17-19-27-37(7-3)29-25-35-33(39)31-21-23-32(24-22-31)34(40)36-26-30-38(8-4)28-20-18-16-14-12-10-6-2/h21-24H,5-20,25-30H2,1-4H3,(H,35,39)(H,36,40). The Labute approximate surface area is 247 Å². The average Bonchev–Trinajstić information content (AvgIpc) is 2.98. The Bertz CT molecular complexity index is 690. The van der Waals surface area contributed by atoms with Crippen molar-refractivity contribution in [3.63, 3.8) is 0 Å². The summed E-state index contributed by atoms with van der Waals surface area (Å²) in [7, 11) is 0. The number of unbranched alkanes of at least 4 members (excludes halogenated alkanes) is 12. The average molecular weight is 559 g/mol. The lowest BCUT2D eigenvalue weighted by Gasteiger charge is -2.20. The minimum Gasteiger partial charge on any atom is -0.351 e. The third kappa shape index (κ3) is 17.7. The molecule has 40 heavy (non-hydrogen) atoms. The Kier molecular flexibility index (Phi) is 22.4. The van der Waals surface area contributed by atoms with Crippen molar-refractivity contribution in [2.75, 3.05) is 52.4 Å². The quantitative estimate of drug-likeness (QED) is 0.117. The molecule has 1 aromatic rings. The minimum absolute atomic E-state index is 0.0807. The van der Waals surface area contributed by atoms with Gasteiger partial charge in [-0.05, 0) is 63.3 Å². The van der Waals surface area contributed by atoms with Crippen LogP contribution in [0.2, 0.25) is 0 Å². The first-order valence-electron chi connectivity index (χ1n) is 16.7. The van der Waals surface area contributed by atoms with Crippen molar-refractivity contribution in [2.45, 2.75) is 118 Å². The molecule has 2 N–H and O–H groups in total. The molecule has 0 saturated heterocycles.